The van der Waals surface area contributed by atoms with Crippen molar-refractivity contribution in [2.24, 2.45) is 0 Å². The Bertz CT molecular complexity index is 558. The van der Waals surface area contributed by atoms with Gasteiger partial charge in [0, 0.05) is 30.8 Å². The molecule has 2 rings (SSSR count). The molecule has 1 heterocycles. The van der Waals surface area contributed by atoms with Crippen LogP contribution < -0.4 is 16.4 Å². The molecule has 0 spiro atoms. The monoisotopic (exact) mass is 264 g/mol. The van der Waals surface area contributed by atoms with Crippen molar-refractivity contribution in [1.82, 2.24) is 10.6 Å². The van der Waals surface area contributed by atoms with Crippen LogP contribution in [0.2, 0.25) is 0 Å². The minimum Gasteiger partial charge on any atom is -0.398 e. The number of rotatable bonds is 3. The Hall–Kier alpha value is -2.64. The number of non-ortho nitro benzene ring substituents is 1. The number of hydrogen-bond donors (Lipinski definition) is 3. The fraction of sp³-hybridized carbons (Fsp3) is 0.273. The van der Waals surface area contributed by atoms with E-state index in [1.54, 1.807) is 0 Å². The van der Waals surface area contributed by atoms with E-state index in [2.05, 4.69) is 10.6 Å². The molecule has 1 unspecified atom stereocenters. The number of carbonyl (C=O) groups is 2. The van der Waals surface area contributed by atoms with E-state index in [-0.39, 0.29) is 35.3 Å². The van der Waals surface area contributed by atoms with Crippen LogP contribution in [0.15, 0.2) is 18.2 Å². The fourth-order valence-corrected chi connectivity index (χ4v) is 1.82. The number of nitro groups is 1. The first-order valence-corrected chi connectivity index (χ1v) is 5.59. The summed E-state index contributed by atoms with van der Waals surface area (Å²) in [5.74, 6) is -0.667. The number of nitrogens with two attached hydrogens (primary N) is 1. The van der Waals surface area contributed by atoms with Crippen molar-refractivity contribution in [1.29, 1.82) is 0 Å². The third-order valence-corrected chi connectivity index (χ3v) is 2.80. The van der Waals surface area contributed by atoms with Crippen molar-refractivity contribution in [2.75, 3.05) is 12.3 Å². The fourth-order valence-electron chi connectivity index (χ4n) is 1.82. The van der Waals surface area contributed by atoms with Gasteiger partial charge in [0.2, 0.25) is 5.91 Å². The summed E-state index contributed by atoms with van der Waals surface area (Å²) in [6.07, 6.45) is 0.195. The Morgan fingerprint density at radius 3 is 2.84 bits per heavy atom. The smallest absolute Gasteiger partial charge is 0.270 e. The zero-order valence-electron chi connectivity index (χ0n) is 9.88. The predicted molar refractivity (Wildman–Crippen MR) is 66.4 cm³/mol. The van der Waals surface area contributed by atoms with E-state index in [1.807, 2.05) is 0 Å². The van der Waals surface area contributed by atoms with E-state index in [1.165, 1.54) is 12.1 Å². The first-order chi connectivity index (χ1) is 8.97. The Kier molecular flexibility index (Phi) is 3.32. The molecule has 8 heteroatoms. The molecule has 0 radical (unpaired) electrons. The minimum atomic E-state index is -0.600. The molecule has 1 atom stereocenters. The number of nitrogens with one attached hydrogen (secondary N) is 2. The van der Waals surface area contributed by atoms with E-state index in [9.17, 15) is 19.7 Å². The molecule has 1 saturated heterocycles. The van der Waals surface area contributed by atoms with E-state index in [4.69, 9.17) is 5.73 Å². The van der Waals surface area contributed by atoms with E-state index < -0.39 is 10.8 Å². The summed E-state index contributed by atoms with van der Waals surface area (Å²) in [4.78, 5) is 33.0. The predicted octanol–water partition coefficient (Wildman–Crippen LogP) is -0.205. The van der Waals surface area contributed by atoms with Crippen LogP contribution in [0.1, 0.15) is 16.8 Å². The van der Waals surface area contributed by atoms with Crippen LogP contribution in [-0.4, -0.2) is 29.3 Å². The summed E-state index contributed by atoms with van der Waals surface area (Å²) in [5, 5.41) is 15.8. The summed E-state index contributed by atoms with van der Waals surface area (Å²) < 4.78 is 0. The number of carbonyl (C=O) groups excluding carboxylic acids is 2. The van der Waals surface area contributed by atoms with Crippen LogP contribution >= 0.6 is 0 Å². The number of anilines is 1. The summed E-state index contributed by atoms with van der Waals surface area (Å²) >= 11 is 0. The van der Waals surface area contributed by atoms with Crippen LogP contribution in [-0.2, 0) is 4.79 Å². The first-order valence-electron chi connectivity index (χ1n) is 5.59. The largest absolute Gasteiger partial charge is 0.398 e. The molecule has 0 aromatic heterocycles. The average molecular weight is 264 g/mol. The molecule has 100 valence electrons. The lowest BCUT2D eigenvalue weighted by Crippen LogP contribution is -2.36. The molecule has 1 aliphatic rings. The maximum absolute atomic E-state index is 12.0. The van der Waals surface area contributed by atoms with E-state index in [0.717, 1.165) is 6.07 Å². The van der Waals surface area contributed by atoms with Crippen molar-refractivity contribution in [3.05, 3.63) is 33.9 Å². The zero-order chi connectivity index (χ0) is 14.0. The van der Waals surface area contributed by atoms with Crippen LogP contribution in [0.3, 0.4) is 0 Å². The van der Waals surface area contributed by atoms with Gasteiger partial charge in [0.1, 0.15) is 0 Å². The average Bonchev–Trinajstić information content (AvgIpc) is 2.74. The maximum Gasteiger partial charge on any atom is 0.270 e. The lowest BCUT2D eigenvalue weighted by Gasteiger charge is -2.11. The molecule has 19 heavy (non-hydrogen) atoms. The SMILES string of the molecule is Nc1ccc([N+](=O)[O-])cc1C(=O)NC1CNC(=O)C1. The van der Waals surface area contributed by atoms with Gasteiger partial charge >= 0.3 is 0 Å². The van der Waals surface area contributed by atoms with Crippen molar-refractivity contribution in [2.45, 2.75) is 12.5 Å². The van der Waals surface area contributed by atoms with Gasteiger partial charge < -0.3 is 16.4 Å². The second kappa shape index (κ2) is 4.92. The van der Waals surface area contributed by atoms with Crippen LogP contribution in [0, 0.1) is 10.1 Å². The second-order valence-corrected chi connectivity index (χ2v) is 4.21. The second-order valence-electron chi connectivity index (χ2n) is 4.21. The molecule has 2 amide bonds. The Morgan fingerprint density at radius 2 is 2.26 bits per heavy atom. The van der Waals surface area contributed by atoms with Gasteiger partial charge in [-0.1, -0.05) is 0 Å². The van der Waals surface area contributed by atoms with Gasteiger partial charge in [-0.05, 0) is 6.07 Å². The van der Waals surface area contributed by atoms with Gasteiger partial charge in [0.25, 0.3) is 11.6 Å². The summed E-state index contributed by atoms with van der Waals surface area (Å²) in [7, 11) is 0. The number of nitrogen functional groups attached to an aromatic ring is 1. The van der Waals surface area contributed by atoms with Crippen molar-refractivity contribution in [3.63, 3.8) is 0 Å². The number of benzene rings is 1. The van der Waals surface area contributed by atoms with E-state index in [0.29, 0.717) is 6.54 Å². The normalized spacial score (nSPS) is 17.9. The minimum absolute atomic E-state index is 0.0357. The van der Waals surface area contributed by atoms with Crippen LogP contribution in [0.5, 0.6) is 0 Å². The quantitative estimate of drug-likeness (QED) is 0.395. The van der Waals surface area contributed by atoms with Gasteiger partial charge in [0.05, 0.1) is 16.5 Å². The standard InChI is InChI=1S/C11H12N4O4/c12-9-2-1-7(15(18)19)4-8(9)11(17)14-6-3-10(16)13-5-6/h1-2,4,6H,3,5,12H2,(H,13,16)(H,14,17). The van der Waals surface area contributed by atoms with Crippen molar-refractivity contribution < 1.29 is 14.5 Å². The first kappa shape index (κ1) is 12.8. The maximum atomic E-state index is 12.0. The molecule has 1 aromatic carbocycles. The highest BCUT2D eigenvalue weighted by molar-refractivity contribution is 6.00. The zero-order valence-corrected chi connectivity index (χ0v) is 9.88. The third-order valence-electron chi connectivity index (χ3n) is 2.80. The Morgan fingerprint density at radius 1 is 1.53 bits per heavy atom. The number of nitrogens with zero attached hydrogens (tertiary/aromatic N) is 1. The molecule has 8 nitrogen and oxygen atoms in total. The highest BCUT2D eigenvalue weighted by Crippen LogP contribution is 2.19. The summed E-state index contributed by atoms with van der Waals surface area (Å²) in [6.45, 7) is 0.347. The number of nitro benzene ring substituents is 1. The highest BCUT2D eigenvalue weighted by atomic mass is 16.6. The molecule has 0 aliphatic carbocycles. The number of hydrogen-bond acceptors (Lipinski definition) is 5. The lowest BCUT2D eigenvalue weighted by atomic mass is 10.1. The van der Waals surface area contributed by atoms with Gasteiger partial charge in [0.15, 0.2) is 0 Å². The van der Waals surface area contributed by atoms with Crippen molar-refractivity contribution in [3.8, 4) is 0 Å². The molecule has 1 fully saturated rings. The molecular formula is C11H12N4O4. The highest BCUT2D eigenvalue weighted by Gasteiger charge is 2.24. The topological polar surface area (TPSA) is 127 Å². The molecule has 1 aromatic rings. The molecule has 4 N–H and O–H groups in total. The van der Waals surface area contributed by atoms with Crippen LogP contribution in [0.4, 0.5) is 11.4 Å². The molecular weight excluding hydrogens is 252 g/mol. The van der Waals surface area contributed by atoms with Crippen LogP contribution in [0.25, 0.3) is 0 Å². The van der Waals surface area contributed by atoms with Gasteiger partial charge in [-0.2, -0.15) is 0 Å². The summed E-state index contributed by atoms with van der Waals surface area (Å²) in [5.41, 5.74) is 5.61. The number of amides is 2. The van der Waals surface area contributed by atoms with E-state index >= 15 is 0 Å². The van der Waals surface area contributed by atoms with Gasteiger partial charge in [-0.3, -0.25) is 19.7 Å². The molecule has 0 bridgehead atoms. The molecule has 1 aliphatic heterocycles. The van der Waals surface area contributed by atoms with Gasteiger partial charge in [-0.15, -0.1) is 0 Å². The Labute approximate surface area is 108 Å². The van der Waals surface area contributed by atoms with Gasteiger partial charge in [-0.25, -0.2) is 0 Å². The Balaban J connectivity index is 2.16. The molecule has 0 saturated carbocycles. The third kappa shape index (κ3) is 2.79. The van der Waals surface area contributed by atoms with Crippen molar-refractivity contribution >= 4 is 23.2 Å². The lowest BCUT2D eigenvalue weighted by molar-refractivity contribution is -0.384. The summed E-state index contributed by atoms with van der Waals surface area (Å²) in [6, 6.07) is 3.34.